The van der Waals surface area contributed by atoms with E-state index in [1.807, 2.05) is 13.8 Å². The summed E-state index contributed by atoms with van der Waals surface area (Å²) in [6, 6.07) is 15.2. The maximum Gasteiger partial charge on any atom is 0.119 e. The van der Waals surface area contributed by atoms with Crippen molar-refractivity contribution in [1.82, 2.24) is 0 Å². The molecule has 0 aromatic heterocycles. The normalized spacial score (nSPS) is 10.9. The van der Waals surface area contributed by atoms with Gasteiger partial charge in [-0.05, 0) is 35.1 Å². The third-order valence-electron chi connectivity index (χ3n) is 4.05. The average molecular weight is 329 g/mol. The maximum atomic E-state index is 10.3. The fourth-order valence-corrected chi connectivity index (χ4v) is 2.36. The van der Waals surface area contributed by atoms with Crippen molar-refractivity contribution in [2.45, 2.75) is 79.1 Å². The number of carbonyl (C=O) groups excluding carboxylic acids is 1. The third-order valence-corrected chi connectivity index (χ3v) is 4.05. The van der Waals surface area contributed by atoms with Gasteiger partial charge < -0.3 is 4.79 Å². The molecule has 0 bridgehead atoms. The quantitative estimate of drug-likeness (QED) is 0.379. The topological polar surface area (TPSA) is 17.1 Å². The molecule has 24 heavy (non-hydrogen) atoms. The van der Waals surface area contributed by atoms with E-state index < -0.39 is 0 Å². The SMILES string of the molecule is CC.CC(CCCCC=O)c1ccc2ccccc2c1.CCCC. The predicted molar refractivity (Wildman–Crippen MR) is 109 cm³/mol. The van der Waals surface area contributed by atoms with E-state index >= 15 is 0 Å². The van der Waals surface area contributed by atoms with E-state index in [-0.39, 0.29) is 0 Å². The molecule has 1 unspecified atom stereocenters. The van der Waals surface area contributed by atoms with Gasteiger partial charge in [-0.3, -0.25) is 0 Å². The molecule has 0 aliphatic heterocycles. The van der Waals surface area contributed by atoms with Crippen molar-refractivity contribution in [2.75, 3.05) is 0 Å². The van der Waals surface area contributed by atoms with Crippen LogP contribution in [0.3, 0.4) is 0 Å². The average Bonchev–Trinajstić information content (AvgIpc) is 2.66. The fraction of sp³-hybridized carbons (Fsp3) is 0.522. The largest absolute Gasteiger partial charge is 0.303 e. The van der Waals surface area contributed by atoms with E-state index in [1.54, 1.807) is 0 Å². The molecule has 0 aliphatic rings. The second-order valence-corrected chi connectivity index (χ2v) is 5.96. The highest BCUT2D eigenvalue weighted by Crippen LogP contribution is 2.25. The van der Waals surface area contributed by atoms with Gasteiger partial charge in [0, 0.05) is 6.42 Å². The van der Waals surface area contributed by atoms with Crippen molar-refractivity contribution in [2.24, 2.45) is 0 Å². The summed E-state index contributed by atoms with van der Waals surface area (Å²) in [6.07, 6.45) is 7.66. The predicted octanol–water partition coefficient (Wildman–Crippen LogP) is 7.54. The zero-order valence-electron chi connectivity index (χ0n) is 16.3. The number of aldehydes is 1. The highest BCUT2D eigenvalue weighted by molar-refractivity contribution is 5.83. The molecule has 0 fully saturated rings. The van der Waals surface area contributed by atoms with Gasteiger partial charge in [0.05, 0.1) is 0 Å². The van der Waals surface area contributed by atoms with Gasteiger partial charge in [-0.2, -0.15) is 0 Å². The third kappa shape index (κ3) is 8.86. The maximum absolute atomic E-state index is 10.3. The van der Waals surface area contributed by atoms with Crippen LogP contribution in [0.2, 0.25) is 0 Å². The summed E-state index contributed by atoms with van der Waals surface area (Å²) in [5.74, 6) is 0.571. The van der Waals surface area contributed by atoms with E-state index in [4.69, 9.17) is 0 Å². The van der Waals surface area contributed by atoms with Crippen molar-refractivity contribution in [3.8, 4) is 0 Å². The number of rotatable bonds is 7. The molecule has 134 valence electrons. The van der Waals surface area contributed by atoms with Crippen molar-refractivity contribution in [3.63, 3.8) is 0 Å². The van der Waals surface area contributed by atoms with Crippen LogP contribution in [0, 0.1) is 0 Å². The Bertz CT molecular complexity index is 542. The van der Waals surface area contributed by atoms with Crippen LogP contribution < -0.4 is 0 Å². The summed E-state index contributed by atoms with van der Waals surface area (Å²) >= 11 is 0. The molecule has 0 aliphatic carbocycles. The van der Waals surface area contributed by atoms with E-state index in [0.29, 0.717) is 12.3 Å². The van der Waals surface area contributed by atoms with Crippen molar-refractivity contribution in [3.05, 3.63) is 48.0 Å². The molecular formula is C23H36O. The minimum absolute atomic E-state index is 0.571. The highest BCUT2D eigenvalue weighted by Gasteiger charge is 2.05. The van der Waals surface area contributed by atoms with Gasteiger partial charge in [0.25, 0.3) is 0 Å². The first-order valence-electron chi connectivity index (χ1n) is 9.65. The van der Waals surface area contributed by atoms with Crippen molar-refractivity contribution >= 4 is 17.1 Å². The Labute approximate surface area is 149 Å². The molecule has 1 atom stereocenters. The zero-order chi connectivity index (χ0) is 18.2. The Morgan fingerprint density at radius 3 is 2.12 bits per heavy atom. The second kappa shape index (κ2) is 14.9. The first kappa shape index (κ1) is 22.4. The van der Waals surface area contributed by atoms with Crippen molar-refractivity contribution in [1.29, 1.82) is 0 Å². The smallest absolute Gasteiger partial charge is 0.119 e. The number of hydrogen-bond acceptors (Lipinski definition) is 1. The first-order valence-corrected chi connectivity index (χ1v) is 9.65. The second-order valence-electron chi connectivity index (χ2n) is 5.96. The lowest BCUT2D eigenvalue weighted by atomic mass is 9.93. The lowest BCUT2D eigenvalue weighted by molar-refractivity contribution is -0.107. The molecular weight excluding hydrogens is 292 g/mol. The Morgan fingerprint density at radius 1 is 0.917 bits per heavy atom. The Kier molecular flexibility index (Phi) is 13.9. The molecule has 2 aromatic rings. The standard InChI is InChI=1S/C17H20O.C4H10.C2H6/c1-14(7-3-2-6-12-18)16-11-10-15-8-4-5-9-17(15)13-16;1-3-4-2;1-2/h4-5,8-14H,2-3,6-7H2,1H3;3-4H2,1-2H3;1-2H3. The summed E-state index contributed by atoms with van der Waals surface area (Å²) in [7, 11) is 0. The van der Waals surface area contributed by atoms with Gasteiger partial charge in [-0.1, -0.05) is 96.3 Å². The van der Waals surface area contributed by atoms with Gasteiger partial charge in [-0.15, -0.1) is 0 Å². The molecule has 0 amide bonds. The van der Waals surface area contributed by atoms with Gasteiger partial charge in [0.1, 0.15) is 6.29 Å². The molecule has 1 nitrogen and oxygen atoms in total. The summed E-state index contributed by atoms with van der Waals surface area (Å²) in [5.41, 5.74) is 1.40. The number of unbranched alkanes of at least 4 members (excludes halogenated alkanes) is 3. The van der Waals surface area contributed by atoms with E-state index in [2.05, 4.69) is 63.2 Å². The van der Waals surface area contributed by atoms with Gasteiger partial charge >= 0.3 is 0 Å². The minimum Gasteiger partial charge on any atom is -0.303 e. The van der Waals surface area contributed by atoms with E-state index in [1.165, 1.54) is 29.2 Å². The van der Waals surface area contributed by atoms with Crippen LogP contribution in [-0.4, -0.2) is 6.29 Å². The van der Waals surface area contributed by atoms with Gasteiger partial charge in [-0.25, -0.2) is 0 Å². The Morgan fingerprint density at radius 2 is 1.54 bits per heavy atom. The molecule has 0 radical (unpaired) electrons. The summed E-state index contributed by atoms with van der Waals surface area (Å²) < 4.78 is 0. The summed E-state index contributed by atoms with van der Waals surface area (Å²) in [4.78, 5) is 10.3. The van der Waals surface area contributed by atoms with Gasteiger partial charge in [0.15, 0.2) is 0 Å². The monoisotopic (exact) mass is 328 g/mol. The molecule has 0 saturated carbocycles. The van der Waals surface area contributed by atoms with Crippen LogP contribution >= 0.6 is 0 Å². The number of benzene rings is 2. The Hall–Kier alpha value is -1.63. The zero-order valence-corrected chi connectivity index (χ0v) is 16.3. The lowest BCUT2D eigenvalue weighted by Gasteiger charge is -2.12. The van der Waals surface area contributed by atoms with Crippen LogP contribution in [0.15, 0.2) is 42.5 Å². The molecule has 0 heterocycles. The molecule has 0 spiro atoms. The highest BCUT2D eigenvalue weighted by atomic mass is 16.1. The first-order chi connectivity index (χ1) is 11.7. The van der Waals surface area contributed by atoms with Crippen molar-refractivity contribution < 1.29 is 4.79 Å². The molecule has 0 N–H and O–H groups in total. The molecule has 1 heteroatoms. The minimum atomic E-state index is 0.571. The van der Waals surface area contributed by atoms with Crippen LogP contribution in [-0.2, 0) is 4.79 Å². The molecule has 2 aromatic carbocycles. The lowest BCUT2D eigenvalue weighted by Crippen LogP contribution is -1.94. The fourth-order valence-electron chi connectivity index (χ4n) is 2.36. The molecule has 2 rings (SSSR count). The van der Waals surface area contributed by atoms with Crippen LogP contribution in [0.4, 0.5) is 0 Å². The van der Waals surface area contributed by atoms with Crippen LogP contribution in [0.25, 0.3) is 10.8 Å². The van der Waals surface area contributed by atoms with Crippen LogP contribution in [0.1, 0.15) is 84.6 Å². The molecule has 0 saturated heterocycles. The number of carbonyl (C=O) groups is 1. The van der Waals surface area contributed by atoms with Gasteiger partial charge in [0.2, 0.25) is 0 Å². The Balaban J connectivity index is 0.000000773. The number of hydrogen-bond donors (Lipinski definition) is 0. The van der Waals surface area contributed by atoms with E-state index in [9.17, 15) is 4.79 Å². The van der Waals surface area contributed by atoms with Crippen LogP contribution in [0.5, 0.6) is 0 Å². The number of fused-ring (bicyclic) bond motifs is 1. The summed E-state index contributed by atoms with van der Waals surface area (Å²) in [6.45, 7) is 10.6. The summed E-state index contributed by atoms with van der Waals surface area (Å²) in [5, 5.41) is 2.61. The van der Waals surface area contributed by atoms with E-state index in [0.717, 1.165) is 25.5 Å².